The van der Waals surface area contributed by atoms with E-state index in [9.17, 15) is 17.6 Å². The van der Waals surface area contributed by atoms with E-state index in [0.717, 1.165) is 12.1 Å². The predicted octanol–water partition coefficient (Wildman–Crippen LogP) is 1.70. The number of carbonyl (C=O) groups excluding carboxylic acids is 1. The van der Waals surface area contributed by atoms with E-state index >= 15 is 0 Å². The Morgan fingerprint density at radius 1 is 1.41 bits per heavy atom. The Morgan fingerprint density at radius 2 is 2.06 bits per heavy atom. The number of carbonyl (C=O) groups is 1. The van der Waals surface area contributed by atoms with Crippen LogP contribution in [0.15, 0.2) is 18.2 Å². The molecule has 0 heterocycles. The van der Waals surface area contributed by atoms with E-state index in [-0.39, 0.29) is 10.6 Å². The van der Waals surface area contributed by atoms with Crippen LogP contribution in [0, 0.1) is 5.82 Å². The Labute approximate surface area is 103 Å². The molecular formula is C10H9ClFNO3S. The zero-order valence-corrected chi connectivity index (χ0v) is 10.2. The molecule has 2 rings (SSSR count). The van der Waals surface area contributed by atoms with Crippen LogP contribution in [-0.2, 0) is 10.0 Å². The molecule has 0 atom stereocenters. The minimum atomic E-state index is -3.67. The van der Waals surface area contributed by atoms with Crippen LogP contribution in [0.5, 0.6) is 0 Å². The fourth-order valence-electron chi connectivity index (χ4n) is 1.32. The predicted molar refractivity (Wildman–Crippen MR) is 60.8 cm³/mol. The van der Waals surface area contributed by atoms with Crippen molar-refractivity contribution in [2.45, 2.75) is 18.1 Å². The third-order valence-corrected chi connectivity index (χ3v) is 4.43. The molecule has 0 radical (unpaired) electrons. The third-order valence-electron chi connectivity index (χ3n) is 2.37. The van der Waals surface area contributed by atoms with E-state index in [1.54, 1.807) is 0 Å². The van der Waals surface area contributed by atoms with Crippen molar-refractivity contribution in [1.82, 2.24) is 4.72 Å². The molecule has 0 unspecified atom stereocenters. The van der Waals surface area contributed by atoms with E-state index < -0.39 is 27.0 Å². The van der Waals surface area contributed by atoms with Gasteiger partial charge in [0, 0.05) is 5.02 Å². The third kappa shape index (κ3) is 2.76. The first-order chi connectivity index (χ1) is 7.90. The highest BCUT2D eigenvalue weighted by molar-refractivity contribution is 7.91. The Morgan fingerprint density at radius 3 is 2.65 bits per heavy atom. The Bertz CT molecular complexity index is 569. The molecular weight excluding hydrogens is 269 g/mol. The lowest BCUT2D eigenvalue weighted by molar-refractivity contribution is 0.0977. The average Bonchev–Trinajstić information content (AvgIpc) is 3.04. The van der Waals surface area contributed by atoms with Crippen molar-refractivity contribution in [3.05, 3.63) is 34.6 Å². The molecule has 0 aromatic heterocycles. The summed E-state index contributed by atoms with van der Waals surface area (Å²) in [6, 6.07) is 3.39. The SMILES string of the molecule is O=C(NS(=O)(=O)C1CC1)c1cc(Cl)ccc1F. The molecule has 1 aliphatic rings. The molecule has 7 heteroatoms. The molecule has 4 nitrogen and oxygen atoms in total. The molecule has 0 saturated heterocycles. The van der Waals surface area contributed by atoms with Gasteiger partial charge in [-0.1, -0.05) is 11.6 Å². The van der Waals surface area contributed by atoms with Gasteiger partial charge in [-0.2, -0.15) is 0 Å². The van der Waals surface area contributed by atoms with Crippen molar-refractivity contribution in [2.75, 3.05) is 0 Å². The molecule has 1 saturated carbocycles. The molecule has 1 amide bonds. The molecule has 0 bridgehead atoms. The number of sulfonamides is 1. The fraction of sp³-hybridized carbons (Fsp3) is 0.300. The van der Waals surface area contributed by atoms with Crippen LogP contribution in [0.4, 0.5) is 4.39 Å². The topological polar surface area (TPSA) is 63.2 Å². The van der Waals surface area contributed by atoms with Gasteiger partial charge in [0.1, 0.15) is 5.82 Å². The van der Waals surface area contributed by atoms with E-state index in [0.29, 0.717) is 12.8 Å². The smallest absolute Gasteiger partial charge is 0.267 e. The summed E-state index contributed by atoms with van der Waals surface area (Å²) in [5, 5.41) is -0.367. The van der Waals surface area contributed by atoms with Crippen LogP contribution in [0.2, 0.25) is 5.02 Å². The highest BCUT2D eigenvalue weighted by Crippen LogP contribution is 2.27. The quantitative estimate of drug-likeness (QED) is 0.915. The van der Waals surface area contributed by atoms with Crippen molar-refractivity contribution in [3.8, 4) is 0 Å². The normalized spacial score (nSPS) is 15.6. The van der Waals surface area contributed by atoms with E-state index in [2.05, 4.69) is 0 Å². The van der Waals surface area contributed by atoms with Crippen LogP contribution in [0.3, 0.4) is 0 Å². The maximum Gasteiger partial charge on any atom is 0.267 e. The van der Waals surface area contributed by atoms with Crippen molar-refractivity contribution >= 4 is 27.5 Å². The zero-order valence-electron chi connectivity index (χ0n) is 8.61. The number of hydrogen-bond acceptors (Lipinski definition) is 3. The highest BCUT2D eigenvalue weighted by atomic mass is 35.5. The van der Waals surface area contributed by atoms with Crippen molar-refractivity contribution in [3.63, 3.8) is 0 Å². The highest BCUT2D eigenvalue weighted by Gasteiger charge is 2.37. The number of benzene rings is 1. The monoisotopic (exact) mass is 277 g/mol. The zero-order chi connectivity index (χ0) is 12.6. The van der Waals surface area contributed by atoms with Crippen LogP contribution in [0.25, 0.3) is 0 Å². The first-order valence-corrected chi connectivity index (χ1v) is 6.83. The van der Waals surface area contributed by atoms with Crippen molar-refractivity contribution in [2.24, 2.45) is 0 Å². The Hall–Kier alpha value is -1.14. The summed E-state index contributed by atoms with van der Waals surface area (Å²) in [4.78, 5) is 11.6. The maximum atomic E-state index is 13.3. The lowest BCUT2D eigenvalue weighted by Gasteiger charge is -2.06. The molecule has 92 valence electrons. The second kappa shape index (κ2) is 4.27. The van der Waals surface area contributed by atoms with Crippen LogP contribution in [0.1, 0.15) is 23.2 Å². The molecule has 1 aliphatic carbocycles. The summed E-state index contributed by atoms with van der Waals surface area (Å²) in [5.41, 5.74) is -0.373. The van der Waals surface area contributed by atoms with E-state index in [1.165, 1.54) is 6.07 Å². The van der Waals surface area contributed by atoms with Gasteiger partial charge in [0.15, 0.2) is 0 Å². The first kappa shape index (κ1) is 12.3. The summed E-state index contributed by atoms with van der Waals surface area (Å²) in [6.07, 6.45) is 1.06. The second-order valence-corrected chi connectivity index (χ2v) is 6.20. The van der Waals surface area contributed by atoms with Gasteiger partial charge in [0.25, 0.3) is 5.91 Å². The van der Waals surface area contributed by atoms with Gasteiger partial charge in [-0.05, 0) is 31.0 Å². The van der Waals surface area contributed by atoms with E-state index in [4.69, 9.17) is 11.6 Å². The molecule has 1 N–H and O–H groups in total. The average molecular weight is 278 g/mol. The molecule has 1 aromatic rings. The second-order valence-electron chi connectivity index (χ2n) is 3.80. The summed E-state index contributed by atoms with van der Waals surface area (Å²) < 4.78 is 38.1. The minimum Gasteiger partial charge on any atom is -0.268 e. The number of halogens is 2. The molecule has 1 fully saturated rings. The van der Waals surface area contributed by atoms with Gasteiger partial charge >= 0.3 is 0 Å². The summed E-state index contributed by atoms with van der Waals surface area (Å²) in [5.74, 6) is -1.80. The number of amides is 1. The minimum absolute atomic E-state index is 0.167. The number of hydrogen-bond donors (Lipinski definition) is 1. The first-order valence-electron chi connectivity index (χ1n) is 4.91. The largest absolute Gasteiger partial charge is 0.268 e. The molecule has 1 aromatic carbocycles. The molecule has 17 heavy (non-hydrogen) atoms. The van der Waals surface area contributed by atoms with Crippen molar-refractivity contribution in [1.29, 1.82) is 0 Å². The fourth-order valence-corrected chi connectivity index (χ4v) is 2.78. The number of nitrogens with one attached hydrogen (secondary N) is 1. The van der Waals surface area contributed by atoms with Gasteiger partial charge in [0.2, 0.25) is 10.0 Å². The van der Waals surface area contributed by atoms with Gasteiger partial charge < -0.3 is 0 Å². The van der Waals surface area contributed by atoms with Crippen LogP contribution in [-0.4, -0.2) is 19.6 Å². The van der Waals surface area contributed by atoms with E-state index in [1.807, 2.05) is 4.72 Å². The summed E-state index contributed by atoms with van der Waals surface area (Å²) in [7, 11) is -3.67. The standard InChI is InChI=1S/C10H9ClFNO3S/c11-6-1-4-9(12)8(5-6)10(14)13-17(15,16)7-2-3-7/h1,4-5,7H,2-3H2,(H,13,14). The van der Waals surface area contributed by atoms with Crippen LogP contribution >= 0.6 is 11.6 Å². The summed E-state index contributed by atoms with van der Waals surface area (Å²) >= 11 is 5.61. The summed E-state index contributed by atoms with van der Waals surface area (Å²) in [6.45, 7) is 0. The molecule has 0 spiro atoms. The Kier molecular flexibility index (Phi) is 3.09. The van der Waals surface area contributed by atoms with Gasteiger partial charge in [-0.15, -0.1) is 0 Å². The maximum absolute atomic E-state index is 13.3. The Balaban J connectivity index is 2.22. The van der Waals surface area contributed by atoms with Crippen molar-refractivity contribution < 1.29 is 17.6 Å². The lowest BCUT2D eigenvalue weighted by atomic mass is 10.2. The van der Waals surface area contributed by atoms with Crippen LogP contribution < -0.4 is 4.72 Å². The number of rotatable bonds is 3. The van der Waals surface area contributed by atoms with Gasteiger partial charge in [0.05, 0.1) is 10.8 Å². The molecule has 0 aliphatic heterocycles. The van der Waals surface area contributed by atoms with Gasteiger partial charge in [-0.3, -0.25) is 4.79 Å². The van der Waals surface area contributed by atoms with Gasteiger partial charge in [-0.25, -0.2) is 17.5 Å². The lowest BCUT2D eigenvalue weighted by Crippen LogP contribution is -2.33.